The Morgan fingerprint density at radius 1 is 1.10 bits per heavy atom. The Morgan fingerprint density at radius 3 is 2.23 bits per heavy atom. The van der Waals surface area contributed by atoms with E-state index in [0.717, 1.165) is 11.1 Å². The van der Waals surface area contributed by atoms with Crippen molar-refractivity contribution in [2.45, 2.75) is 33.0 Å². The van der Waals surface area contributed by atoms with E-state index in [0.29, 0.717) is 12.6 Å². The highest BCUT2D eigenvalue weighted by Crippen LogP contribution is 2.46. The topological polar surface area (TPSA) is 103 Å². The summed E-state index contributed by atoms with van der Waals surface area (Å²) in [6, 6.07) is 9.41. The standard InChI is InChI=1S/C22H29N3O6/c1-14(2)24(3)13-16-10-8-7-9-15(16)12-23-22(26)17-11-18(29-4)20(30-5)21(31-6)19(17)25(27)28/h7-11,14H,12-13H2,1-6H3,(H,23,26). The number of nitrogens with one attached hydrogen (secondary N) is 1. The molecule has 0 saturated carbocycles. The molecule has 1 amide bonds. The first-order chi connectivity index (χ1) is 14.7. The van der Waals surface area contributed by atoms with E-state index in [1.807, 2.05) is 31.3 Å². The number of ether oxygens (including phenoxy) is 3. The average Bonchev–Trinajstić information content (AvgIpc) is 2.76. The van der Waals surface area contributed by atoms with E-state index in [2.05, 4.69) is 24.1 Å². The number of nitro groups is 1. The Labute approximate surface area is 182 Å². The predicted octanol–water partition coefficient (Wildman–Crippen LogP) is 3.39. The first kappa shape index (κ1) is 23.9. The van der Waals surface area contributed by atoms with Crippen LogP contribution in [0.25, 0.3) is 0 Å². The van der Waals surface area contributed by atoms with Crippen LogP contribution in [0, 0.1) is 10.1 Å². The number of carbonyl (C=O) groups excluding carboxylic acids is 1. The molecular formula is C22H29N3O6. The van der Waals surface area contributed by atoms with E-state index in [1.54, 1.807) is 0 Å². The number of amides is 1. The molecule has 0 heterocycles. The molecule has 0 spiro atoms. The minimum Gasteiger partial charge on any atom is -0.493 e. The normalized spacial score (nSPS) is 10.8. The van der Waals surface area contributed by atoms with Gasteiger partial charge in [-0.15, -0.1) is 0 Å². The van der Waals surface area contributed by atoms with E-state index in [-0.39, 0.29) is 29.4 Å². The van der Waals surface area contributed by atoms with Crippen LogP contribution in [-0.2, 0) is 13.1 Å². The van der Waals surface area contributed by atoms with Gasteiger partial charge in [-0.2, -0.15) is 0 Å². The number of benzene rings is 2. The quantitative estimate of drug-likeness (QED) is 0.454. The Balaban J connectivity index is 2.36. The summed E-state index contributed by atoms with van der Waals surface area (Å²) >= 11 is 0. The van der Waals surface area contributed by atoms with Crippen molar-refractivity contribution in [1.29, 1.82) is 0 Å². The molecule has 2 rings (SSSR count). The zero-order valence-corrected chi connectivity index (χ0v) is 18.7. The maximum Gasteiger partial charge on any atom is 0.327 e. The molecule has 0 aliphatic heterocycles. The van der Waals surface area contributed by atoms with Gasteiger partial charge in [-0.05, 0) is 32.0 Å². The van der Waals surface area contributed by atoms with Crippen LogP contribution in [-0.4, -0.2) is 50.1 Å². The van der Waals surface area contributed by atoms with Crippen molar-refractivity contribution in [3.63, 3.8) is 0 Å². The summed E-state index contributed by atoms with van der Waals surface area (Å²) in [6.45, 7) is 5.14. The number of methoxy groups -OCH3 is 3. The number of hydrogen-bond donors (Lipinski definition) is 1. The van der Waals surface area contributed by atoms with Gasteiger partial charge in [0.15, 0.2) is 5.75 Å². The third kappa shape index (κ3) is 5.43. The van der Waals surface area contributed by atoms with Crippen LogP contribution in [0.3, 0.4) is 0 Å². The van der Waals surface area contributed by atoms with Crippen LogP contribution in [0.4, 0.5) is 5.69 Å². The van der Waals surface area contributed by atoms with E-state index in [9.17, 15) is 14.9 Å². The molecule has 2 aromatic rings. The van der Waals surface area contributed by atoms with E-state index in [4.69, 9.17) is 14.2 Å². The third-order valence-electron chi connectivity index (χ3n) is 5.09. The molecule has 0 fully saturated rings. The van der Waals surface area contributed by atoms with E-state index in [1.165, 1.54) is 27.4 Å². The summed E-state index contributed by atoms with van der Waals surface area (Å²) in [4.78, 5) is 26.2. The van der Waals surface area contributed by atoms with Gasteiger partial charge in [0.2, 0.25) is 11.5 Å². The molecule has 2 aromatic carbocycles. The van der Waals surface area contributed by atoms with Crippen molar-refractivity contribution in [2.75, 3.05) is 28.4 Å². The number of nitrogens with zero attached hydrogens (tertiary/aromatic N) is 2. The van der Waals surface area contributed by atoms with Crippen LogP contribution in [0.1, 0.15) is 35.3 Å². The molecule has 0 radical (unpaired) electrons. The lowest BCUT2D eigenvalue weighted by Crippen LogP contribution is -2.28. The Hall–Kier alpha value is -3.33. The second-order valence-corrected chi connectivity index (χ2v) is 7.26. The molecular weight excluding hydrogens is 402 g/mol. The third-order valence-corrected chi connectivity index (χ3v) is 5.09. The molecule has 31 heavy (non-hydrogen) atoms. The number of hydrogen-bond acceptors (Lipinski definition) is 7. The summed E-state index contributed by atoms with van der Waals surface area (Å²) in [5.41, 5.74) is 1.35. The molecule has 0 unspecified atom stereocenters. The lowest BCUT2D eigenvalue weighted by atomic mass is 10.1. The van der Waals surface area contributed by atoms with Crippen molar-refractivity contribution in [3.05, 3.63) is 57.1 Å². The zero-order valence-electron chi connectivity index (χ0n) is 18.7. The second kappa shape index (κ2) is 10.6. The molecule has 0 saturated heterocycles. The molecule has 0 aliphatic carbocycles. The molecule has 9 heteroatoms. The first-order valence-corrected chi connectivity index (χ1v) is 9.77. The lowest BCUT2D eigenvalue weighted by Gasteiger charge is -2.22. The van der Waals surface area contributed by atoms with Crippen LogP contribution >= 0.6 is 0 Å². The van der Waals surface area contributed by atoms with Crippen molar-refractivity contribution < 1.29 is 23.9 Å². The Bertz CT molecular complexity index is 945. The largest absolute Gasteiger partial charge is 0.493 e. The minimum absolute atomic E-state index is 0.0512. The van der Waals surface area contributed by atoms with Crippen LogP contribution in [0.2, 0.25) is 0 Å². The Kier molecular flexibility index (Phi) is 8.21. The smallest absolute Gasteiger partial charge is 0.327 e. The molecule has 1 N–H and O–H groups in total. The highest BCUT2D eigenvalue weighted by Gasteiger charge is 2.32. The number of carbonyl (C=O) groups is 1. The van der Waals surface area contributed by atoms with E-state index < -0.39 is 16.5 Å². The molecule has 9 nitrogen and oxygen atoms in total. The monoisotopic (exact) mass is 431 g/mol. The SMILES string of the molecule is COc1cc(C(=O)NCc2ccccc2CN(C)C(C)C)c([N+](=O)[O-])c(OC)c1OC. The summed E-state index contributed by atoms with van der Waals surface area (Å²) in [5.74, 6) is -0.571. The van der Waals surface area contributed by atoms with Gasteiger partial charge < -0.3 is 19.5 Å². The van der Waals surface area contributed by atoms with Crippen molar-refractivity contribution >= 4 is 11.6 Å². The minimum atomic E-state index is -0.665. The summed E-state index contributed by atoms with van der Waals surface area (Å²) in [7, 11) is 6.02. The fourth-order valence-electron chi connectivity index (χ4n) is 3.10. The summed E-state index contributed by atoms with van der Waals surface area (Å²) in [5, 5.41) is 14.5. The summed E-state index contributed by atoms with van der Waals surface area (Å²) < 4.78 is 15.6. The van der Waals surface area contributed by atoms with Crippen molar-refractivity contribution in [2.24, 2.45) is 0 Å². The summed E-state index contributed by atoms with van der Waals surface area (Å²) in [6.07, 6.45) is 0. The maximum absolute atomic E-state index is 12.9. The van der Waals surface area contributed by atoms with Crippen LogP contribution < -0.4 is 19.5 Å². The van der Waals surface area contributed by atoms with Gasteiger partial charge in [-0.25, -0.2) is 0 Å². The predicted molar refractivity (Wildman–Crippen MR) is 117 cm³/mol. The van der Waals surface area contributed by atoms with Gasteiger partial charge in [0.1, 0.15) is 5.56 Å². The molecule has 0 bridgehead atoms. The number of nitro benzene ring substituents is 1. The van der Waals surface area contributed by atoms with Crippen molar-refractivity contribution in [3.8, 4) is 17.2 Å². The molecule has 0 aliphatic rings. The van der Waals surface area contributed by atoms with Gasteiger partial charge in [0.25, 0.3) is 5.91 Å². The fraction of sp³-hybridized carbons (Fsp3) is 0.409. The fourth-order valence-corrected chi connectivity index (χ4v) is 3.10. The van der Waals surface area contributed by atoms with Gasteiger partial charge >= 0.3 is 5.69 Å². The van der Waals surface area contributed by atoms with Gasteiger partial charge in [-0.3, -0.25) is 19.8 Å². The van der Waals surface area contributed by atoms with Gasteiger partial charge in [0.05, 0.1) is 26.3 Å². The first-order valence-electron chi connectivity index (χ1n) is 9.77. The lowest BCUT2D eigenvalue weighted by molar-refractivity contribution is -0.386. The molecule has 0 aromatic heterocycles. The maximum atomic E-state index is 12.9. The van der Waals surface area contributed by atoms with E-state index >= 15 is 0 Å². The number of rotatable bonds is 10. The zero-order chi connectivity index (χ0) is 23.1. The van der Waals surface area contributed by atoms with Gasteiger partial charge in [-0.1, -0.05) is 24.3 Å². The second-order valence-electron chi connectivity index (χ2n) is 7.26. The highest BCUT2D eigenvalue weighted by molar-refractivity contribution is 6.00. The molecule has 0 atom stereocenters. The molecule has 168 valence electrons. The van der Waals surface area contributed by atoms with Gasteiger partial charge in [0, 0.05) is 25.2 Å². The average molecular weight is 431 g/mol. The van der Waals surface area contributed by atoms with Crippen molar-refractivity contribution in [1.82, 2.24) is 10.2 Å². The Morgan fingerprint density at radius 2 is 1.71 bits per heavy atom. The highest BCUT2D eigenvalue weighted by atomic mass is 16.6. The van der Waals surface area contributed by atoms with Crippen LogP contribution in [0.15, 0.2) is 30.3 Å². The van der Waals surface area contributed by atoms with Crippen LogP contribution in [0.5, 0.6) is 17.2 Å².